The van der Waals surface area contributed by atoms with Crippen LogP contribution in [0.2, 0.25) is 0 Å². The molecule has 16 heavy (non-hydrogen) atoms. The van der Waals surface area contributed by atoms with Gasteiger partial charge in [0, 0.05) is 12.1 Å². The number of rotatable bonds is 3. The van der Waals surface area contributed by atoms with Crippen LogP contribution in [0.25, 0.3) is 0 Å². The number of hydrogen-bond donors (Lipinski definition) is 0. The zero-order chi connectivity index (χ0) is 12.6. The minimum Gasteiger partial charge on any atom is -0.306 e. The molecule has 0 amide bonds. The summed E-state index contributed by atoms with van der Waals surface area (Å²) in [5.41, 5.74) is 0. The predicted molar refractivity (Wildman–Crippen MR) is 74.0 cm³/mol. The molecule has 1 aliphatic rings. The number of nitrogens with zero attached hydrogens (tertiary/aromatic N) is 2. The summed E-state index contributed by atoms with van der Waals surface area (Å²) in [7, 11) is 2.19. The van der Waals surface area contributed by atoms with Gasteiger partial charge in [-0.2, -0.15) is 0 Å². The largest absolute Gasteiger partial charge is 0.306 e. The summed E-state index contributed by atoms with van der Waals surface area (Å²) >= 11 is 0. The fraction of sp³-hybridized carbons (Fsp3) is 1.00. The highest BCUT2D eigenvalue weighted by atomic mass is 15.2. The van der Waals surface area contributed by atoms with Crippen LogP contribution in [-0.4, -0.2) is 48.6 Å². The summed E-state index contributed by atoms with van der Waals surface area (Å²) in [6, 6.07) is 1.38. The van der Waals surface area contributed by atoms with E-state index in [1.807, 2.05) is 0 Å². The van der Waals surface area contributed by atoms with Crippen molar-refractivity contribution in [1.82, 2.24) is 9.80 Å². The third kappa shape index (κ3) is 7.24. The van der Waals surface area contributed by atoms with Crippen LogP contribution in [0.1, 0.15) is 53.9 Å². The van der Waals surface area contributed by atoms with E-state index in [-0.39, 0.29) is 0 Å². The Hall–Kier alpha value is -0.0800. The molecule has 0 N–H and O–H groups in total. The van der Waals surface area contributed by atoms with Gasteiger partial charge in [-0.3, -0.25) is 4.90 Å². The second-order valence-electron chi connectivity index (χ2n) is 5.38. The van der Waals surface area contributed by atoms with Crippen LogP contribution in [0, 0.1) is 0 Å². The molecule has 0 atom stereocenters. The fourth-order valence-corrected chi connectivity index (χ4v) is 2.38. The first-order chi connectivity index (χ1) is 7.49. The maximum atomic E-state index is 2.46. The Balaban J connectivity index is 0.000000288. The lowest BCUT2D eigenvalue weighted by atomic mass is 10.1. The summed E-state index contributed by atoms with van der Waals surface area (Å²) in [4.78, 5) is 4.85. The van der Waals surface area contributed by atoms with Gasteiger partial charge in [-0.1, -0.05) is 13.3 Å². The van der Waals surface area contributed by atoms with E-state index >= 15 is 0 Å². The standard InChI is InChI=1S/C8H19N.C6H13N/c1-6-9(7(2)3)8(4)5;1-7-5-3-2-4-6-7/h7-8H,6H2,1-5H3;2-6H2,1H3. The number of piperidine rings is 1. The molecule has 0 aromatic heterocycles. The fourth-order valence-electron chi connectivity index (χ4n) is 2.38. The normalized spacial score (nSPS) is 17.8. The van der Waals surface area contributed by atoms with E-state index < -0.39 is 0 Å². The molecule has 0 aromatic rings. The molecule has 98 valence electrons. The van der Waals surface area contributed by atoms with Crippen molar-refractivity contribution in [3.8, 4) is 0 Å². The topological polar surface area (TPSA) is 6.48 Å². The van der Waals surface area contributed by atoms with Crippen LogP contribution in [0.3, 0.4) is 0 Å². The van der Waals surface area contributed by atoms with Gasteiger partial charge < -0.3 is 4.90 Å². The van der Waals surface area contributed by atoms with Gasteiger partial charge in [0.15, 0.2) is 0 Å². The van der Waals surface area contributed by atoms with E-state index in [1.54, 1.807) is 0 Å². The molecule has 0 radical (unpaired) electrons. The Kier molecular flexibility index (Phi) is 8.96. The Morgan fingerprint density at radius 1 is 0.938 bits per heavy atom. The molecule has 0 spiro atoms. The van der Waals surface area contributed by atoms with Crippen LogP contribution in [0.5, 0.6) is 0 Å². The smallest absolute Gasteiger partial charge is 0.00411 e. The molecule has 1 aliphatic heterocycles. The molecule has 0 aromatic carbocycles. The minimum absolute atomic E-state index is 0.690. The molecule has 0 aliphatic carbocycles. The van der Waals surface area contributed by atoms with Crippen molar-refractivity contribution in [2.75, 3.05) is 26.7 Å². The van der Waals surface area contributed by atoms with Crippen molar-refractivity contribution in [2.24, 2.45) is 0 Å². The van der Waals surface area contributed by atoms with Gasteiger partial charge in [0.05, 0.1) is 0 Å². The van der Waals surface area contributed by atoms with Gasteiger partial charge in [0.2, 0.25) is 0 Å². The third-order valence-electron chi connectivity index (χ3n) is 3.27. The van der Waals surface area contributed by atoms with Crippen LogP contribution in [0.15, 0.2) is 0 Å². The molecule has 2 heteroatoms. The van der Waals surface area contributed by atoms with Gasteiger partial charge in [-0.25, -0.2) is 0 Å². The number of likely N-dealkylation sites (tertiary alicyclic amines) is 1. The Bertz CT molecular complexity index is 141. The van der Waals surface area contributed by atoms with Crippen molar-refractivity contribution in [1.29, 1.82) is 0 Å². The Labute approximate surface area is 103 Å². The second kappa shape index (κ2) is 9.00. The van der Waals surface area contributed by atoms with Gasteiger partial charge in [0.1, 0.15) is 0 Å². The first-order valence-electron chi connectivity index (χ1n) is 6.93. The Morgan fingerprint density at radius 2 is 1.38 bits per heavy atom. The highest BCUT2D eigenvalue weighted by Gasteiger charge is 2.09. The van der Waals surface area contributed by atoms with E-state index in [1.165, 1.54) is 32.4 Å². The summed E-state index contributed by atoms with van der Waals surface area (Å²) < 4.78 is 0. The molecule has 0 bridgehead atoms. The molecule has 1 fully saturated rings. The molecule has 1 rings (SSSR count). The van der Waals surface area contributed by atoms with E-state index in [2.05, 4.69) is 51.5 Å². The predicted octanol–water partition coefficient (Wildman–Crippen LogP) is 3.23. The van der Waals surface area contributed by atoms with Gasteiger partial charge in [0.25, 0.3) is 0 Å². The molecule has 0 saturated carbocycles. The molecular weight excluding hydrogens is 196 g/mol. The lowest BCUT2D eigenvalue weighted by Gasteiger charge is -2.28. The lowest BCUT2D eigenvalue weighted by Crippen LogP contribution is -2.36. The summed E-state index contributed by atoms with van der Waals surface area (Å²) in [5, 5.41) is 0. The second-order valence-corrected chi connectivity index (χ2v) is 5.38. The first kappa shape index (κ1) is 15.9. The van der Waals surface area contributed by atoms with E-state index in [0.29, 0.717) is 12.1 Å². The van der Waals surface area contributed by atoms with E-state index in [9.17, 15) is 0 Å². The van der Waals surface area contributed by atoms with Crippen molar-refractivity contribution in [3.05, 3.63) is 0 Å². The van der Waals surface area contributed by atoms with E-state index in [0.717, 1.165) is 6.54 Å². The zero-order valence-corrected chi connectivity index (χ0v) is 12.3. The van der Waals surface area contributed by atoms with Gasteiger partial charge in [-0.15, -0.1) is 0 Å². The Morgan fingerprint density at radius 3 is 1.50 bits per heavy atom. The first-order valence-corrected chi connectivity index (χ1v) is 6.93. The van der Waals surface area contributed by atoms with Crippen LogP contribution >= 0.6 is 0 Å². The molecular formula is C14H32N2. The quantitative estimate of drug-likeness (QED) is 0.732. The third-order valence-corrected chi connectivity index (χ3v) is 3.27. The SMILES string of the molecule is CCN(C(C)C)C(C)C.CN1CCCCC1. The summed E-state index contributed by atoms with van der Waals surface area (Å²) in [6.45, 7) is 15.0. The summed E-state index contributed by atoms with van der Waals surface area (Å²) in [6.07, 6.45) is 4.28. The molecule has 1 heterocycles. The zero-order valence-electron chi connectivity index (χ0n) is 12.3. The average Bonchev–Trinajstić information content (AvgIpc) is 2.19. The van der Waals surface area contributed by atoms with Gasteiger partial charge in [-0.05, 0) is 67.2 Å². The highest BCUT2D eigenvalue weighted by Crippen LogP contribution is 2.04. The molecule has 0 unspecified atom stereocenters. The highest BCUT2D eigenvalue weighted by molar-refractivity contribution is 4.64. The summed E-state index contributed by atoms with van der Waals surface area (Å²) in [5.74, 6) is 0. The maximum Gasteiger partial charge on any atom is 0.00411 e. The van der Waals surface area contributed by atoms with Crippen molar-refractivity contribution in [3.63, 3.8) is 0 Å². The lowest BCUT2D eigenvalue weighted by molar-refractivity contribution is 0.185. The van der Waals surface area contributed by atoms with Crippen molar-refractivity contribution >= 4 is 0 Å². The van der Waals surface area contributed by atoms with Gasteiger partial charge >= 0.3 is 0 Å². The van der Waals surface area contributed by atoms with Crippen LogP contribution in [0.4, 0.5) is 0 Å². The average molecular weight is 228 g/mol. The molecule has 1 saturated heterocycles. The van der Waals surface area contributed by atoms with E-state index in [4.69, 9.17) is 0 Å². The van der Waals surface area contributed by atoms with Crippen LogP contribution in [-0.2, 0) is 0 Å². The van der Waals surface area contributed by atoms with Crippen molar-refractivity contribution in [2.45, 2.75) is 66.0 Å². The monoisotopic (exact) mass is 228 g/mol. The van der Waals surface area contributed by atoms with Crippen molar-refractivity contribution < 1.29 is 0 Å². The minimum atomic E-state index is 0.690. The number of hydrogen-bond acceptors (Lipinski definition) is 2. The van der Waals surface area contributed by atoms with Crippen LogP contribution < -0.4 is 0 Å². The maximum absolute atomic E-state index is 2.46. The molecule has 2 nitrogen and oxygen atoms in total.